The van der Waals surface area contributed by atoms with E-state index >= 15 is 0 Å². The standard InChI is InChI=1S/C21H26ClNO2S/c1-4-20(25-18-9-10-19(22)16(3)13-18)21(24)23-11-12-26-14-17-7-5-15(2)6-8-17/h5-10,13,20H,4,11-12,14H2,1-3H3,(H,23,24). The summed E-state index contributed by atoms with van der Waals surface area (Å²) in [7, 11) is 0. The summed E-state index contributed by atoms with van der Waals surface area (Å²) in [6.45, 7) is 6.58. The van der Waals surface area contributed by atoms with Crippen molar-refractivity contribution in [2.24, 2.45) is 0 Å². The normalized spacial score (nSPS) is 11.8. The molecule has 2 rings (SSSR count). The molecule has 0 aromatic heterocycles. The van der Waals surface area contributed by atoms with Crippen molar-refractivity contribution in [3.8, 4) is 5.75 Å². The number of ether oxygens (including phenoxy) is 1. The molecule has 0 saturated heterocycles. The molecule has 0 bridgehead atoms. The second-order valence-electron chi connectivity index (χ2n) is 6.25. The minimum atomic E-state index is -0.488. The third-order valence-corrected chi connectivity index (χ3v) is 5.46. The number of carbonyl (C=O) groups excluding carboxylic acids is 1. The predicted molar refractivity (Wildman–Crippen MR) is 111 cm³/mol. The zero-order chi connectivity index (χ0) is 18.9. The molecule has 5 heteroatoms. The third-order valence-electron chi connectivity index (χ3n) is 4.01. The molecule has 0 aliphatic rings. The number of hydrogen-bond acceptors (Lipinski definition) is 3. The Labute approximate surface area is 165 Å². The lowest BCUT2D eigenvalue weighted by Crippen LogP contribution is -2.39. The summed E-state index contributed by atoms with van der Waals surface area (Å²) < 4.78 is 5.82. The summed E-state index contributed by atoms with van der Waals surface area (Å²) in [5.41, 5.74) is 3.51. The van der Waals surface area contributed by atoms with Crippen LogP contribution in [0.3, 0.4) is 0 Å². The van der Waals surface area contributed by atoms with Crippen LogP contribution in [0.1, 0.15) is 30.0 Å². The number of carbonyl (C=O) groups is 1. The number of nitrogens with one attached hydrogen (secondary N) is 1. The second kappa shape index (κ2) is 10.5. The summed E-state index contributed by atoms with van der Waals surface area (Å²) in [5.74, 6) is 2.42. The van der Waals surface area contributed by atoms with Crippen molar-refractivity contribution in [3.63, 3.8) is 0 Å². The van der Waals surface area contributed by atoms with Crippen molar-refractivity contribution in [2.75, 3.05) is 12.3 Å². The zero-order valence-corrected chi connectivity index (χ0v) is 17.1. The molecular formula is C21H26ClNO2S. The summed E-state index contributed by atoms with van der Waals surface area (Å²) in [5, 5.41) is 3.66. The van der Waals surface area contributed by atoms with Gasteiger partial charge in [-0.3, -0.25) is 4.79 Å². The molecule has 2 aromatic rings. The first kappa shape index (κ1) is 20.7. The van der Waals surface area contributed by atoms with E-state index in [0.717, 1.165) is 17.1 Å². The summed E-state index contributed by atoms with van der Waals surface area (Å²) in [6.07, 6.45) is 0.127. The van der Waals surface area contributed by atoms with E-state index in [4.69, 9.17) is 16.3 Å². The monoisotopic (exact) mass is 391 g/mol. The molecule has 1 unspecified atom stereocenters. The van der Waals surface area contributed by atoms with Crippen LogP contribution in [-0.4, -0.2) is 24.3 Å². The molecular weight excluding hydrogens is 366 g/mol. The van der Waals surface area contributed by atoms with Gasteiger partial charge in [0.2, 0.25) is 0 Å². The van der Waals surface area contributed by atoms with Gasteiger partial charge in [-0.05, 0) is 49.6 Å². The van der Waals surface area contributed by atoms with Crippen LogP contribution in [0.25, 0.3) is 0 Å². The first-order valence-corrected chi connectivity index (χ1v) is 10.4. The maximum atomic E-state index is 12.3. The SMILES string of the molecule is CCC(Oc1ccc(Cl)c(C)c1)C(=O)NCCSCc1ccc(C)cc1. The largest absolute Gasteiger partial charge is 0.481 e. The molecule has 0 fully saturated rings. The van der Waals surface area contributed by atoms with E-state index in [2.05, 4.69) is 36.5 Å². The molecule has 26 heavy (non-hydrogen) atoms. The number of amides is 1. The van der Waals surface area contributed by atoms with Crippen molar-refractivity contribution in [3.05, 3.63) is 64.2 Å². The molecule has 0 aliphatic carbocycles. The molecule has 0 heterocycles. The van der Waals surface area contributed by atoms with E-state index in [1.807, 2.05) is 31.7 Å². The van der Waals surface area contributed by atoms with Gasteiger partial charge in [-0.15, -0.1) is 0 Å². The van der Waals surface area contributed by atoms with E-state index in [-0.39, 0.29) is 5.91 Å². The van der Waals surface area contributed by atoms with Crippen LogP contribution in [0.5, 0.6) is 5.75 Å². The van der Waals surface area contributed by atoms with Gasteiger partial charge in [0.25, 0.3) is 5.91 Å². The summed E-state index contributed by atoms with van der Waals surface area (Å²) in [6, 6.07) is 14.0. The Morgan fingerprint density at radius 3 is 2.58 bits per heavy atom. The minimum absolute atomic E-state index is 0.0731. The fourth-order valence-electron chi connectivity index (χ4n) is 2.41. The van der Waals surface area contributed by atoms with Crippen LogP contribution in [0.2, 0.25) is 5.02 Å². The van der Waals surface area contributed by atoms with Gasteiger partial charge in [0, 0.05) is 23.1 Å². The number of hydrogen-bond donors (Lipinski definition) is 1. The highest BCUT2D eigenvalue weighted by atomic mass is 35.5. The van der Waals surface area contributed by atoms with E-state index in [9.17, 15) is 4.79 Å². The number of aryl methyl sites for hydroxylation is 2. The average Bonchev–Trinajstić information content (AvgIpc) is 2.63. The van der Waals surface area contributed by atoms with Gasteiger partial charge in [-0.2, -0.15) is 11.8 Å². The zero-order valence-electron chi connectivity index (χ0n) is 15.5. The minimum Gasteiger partial charge on any atom is -0.481 e. The molecule has 0 aliphatic heterocycles. The first-order valence-electron chi connectivity index (χ1n) is 8.83. The smallest absolute Gasteiger partial charge is 0.261 e. The highest BCUT2D eigenvalue weighted by Crippen LogP contribution is 2.22. The lowest BCUT2D eigenvalue weighted by Gasteiger charge is -2.17. The van der Waals surface area contributed by atoms with Crippen LogP contribution in [0, 0.1) is 13.8 Å². The Hall–Kier alpha value is -1.65. The van der Waals surface area contributed by atoms with Gasteiger partial charge in [0.05, 0.1) is 0 Å². The van der Waals surface area contributed by atoms with Crippen LogP contribution in [-0.2, 0) is 10.5 Å². The van der Waals surface area contributed by atoms with Gasteiger partial charge in [0.15, 0.2) is 6.10 Å². The third kappa shape index (κ3) is 6.58. The van der Waals surface area contributed by atoms with Crippen molar-refractivity contribution >= 4 is 29.3 Å². The van der Waals surface area contributed by atoms with Crippen molar-refractivity contribution in [2.45, 2.75) is 39.0 Å². The van der Waals surface area contributed by atoms with Gasteiger partial charge in [-0.1, -0.05) is 48.4 Å². The van der Waals surface area contributed by atoms with Gasteiger partial charge in [0.1, 0.15) is 5.75 Å². The van der Waals surface area contributed by atoms with E-state index in [0.29, 0.717) is 23.7 Å². The second-order valence-corrected chi connectivity index (χ2v) is 7.77. The molecule has 140 valence electrons. The molecule has 3 nitrogen and oxygen atoms in total. The Morgan fingerprint density at radius 1 is 1.19 bits per heavy atom. The Balaban J connectivity index is 1.72. The molecule has 1 atom stereocenters. The van der Waals surface area contributed by atoms with E-state index < -0.39 is 6.10 Å². The number of thioether (sulfide) groups is 1. The van der Waals surface area contributed by atoms with E-state index in [1.54, 1.807) is 12.1 Å². The number of benzene rings is 2. The van der Waals surface area contributed by atoms with Crippen LogP contribution >= 0.6 is 23.4 Å². The Morgan fingerprint density at radius 2 is 1.92 bits per heavy atom. The molecule has 1 amide bonds. The summed E-state index contributed by atoms with van der Waals surface area (Å²) >= 11 is 7.84. The summed E-state index contributed by atoms with van der Waals surface area (Å²) in [4.78, 5) is 12.3. The predicted octanol–water partition coefficient (Wildman–Crippen LogP) is 5.16. The molecule has 0 saturated carbocycles. The van der Waals surface area contributed by atoms with Crippen molar-refractivity contribution in [1.82, 2.24) is 5.32 Å². The van der Waals surface area contributed by atoms with Crippen molar-refractivity contribution in [1.29, 1.82) is 0 Å². The van der Waals surface area contributed by atoms with Crippen LogP contribution in [0.4, 0.5) is 0 Å². The molecule has 2 aromatic carbocycles. The highest BCUT2D eigenvalue weighted by molar-refractivity contribution is 7.98. The quantitative estimate of drug-likeness (QED) is 0.599. The first-order chi connectivity index (χ1) is 12.5. The fourth-order valence-corrected chi connectivity index (χ4v) is 3.35. The lowest BCUT2D eigenvalue weighted by atomic mass is 10.2. The lowest BCUT2D eigenvalue weighted by molar-refractivity contribution is -0.127. The van der Waals surface area contributed by atoms with Gasteiger partial charge >= 0.3 is 0 Å². The number of rotatable bonds is 9. The highest BCUT2D eigenvalue weighted by Gasteiger charge is 2.18. The Kier molecular flexibility index (Phi) is 8.33. The fraction of sp³-hybridized carbons (Fsp3) is 0.381. The topological polar surface area (TPSA) is 38.3 Å². The van der Waals surface area contributed by atoms with Crippen LogP contribution in [0.15, 0.2) is 42.5 Å². The van der Waals surface area contributed by atoms with Gasteiger partial charge in [-0.25, -0.2) is 0 Å². The van der Waals surface area contributed by atoms with E-state index in [1.165, 1.54) is 11.1 Å². The molecule has 0 spiro atoms. The maximum absolute atomic E-state index is 12.3. The Bertz CT molecular complexity index is 718. The molecule has 1 N–H and O–H groups in total. The molecule has 0 radical (unpaired) electrons. The van der Waals surface area contributed by atoms with Crippen molar-refractivity contribution < 1.29 is 9.53 Å². The average molecular weight is 392 g/mol. The number of halogens is 1. The van der Waals surface area contributed by atoms with Crippen LogP contribution < -0.4 is 10.1 Å². The van der Waals surface area contributed by atoms with Gasteiger partial charge < -0.3 is 10.1 Å². The maximum Gasteiger partial charge on any atom is 0.261 e.